The molecule has 0 unspecified atom stereocenters. The summed E-state index contributed by atoms with van der Waals surface area (Å²) in [4.78, 5) is 10.9. The minimum Gasteiger partial charge on any atom is -0.309 e. The quantitative estimate of drug-likeness (QED) is 0.183. The molecule has 9 aromatic carbocycles. The fraction of sp³-hybridized carbons (Fsp3) is 0. The predicted octanol–water partition coefficient (Wildman–Crippen LogP) is 13.4. The predicted molar refractivity (Wildman–Crippen MR) is 233 cm³/mol. The number of rotatable bonds is 3. The topological polar surface area (TPSA) is 35.6 Å². The summed E-state index contributed by atoms with van der Waals surface area (Å²) in [6.07, 6.45) is 0. The maximum absolute atomic E-state index is 5.55. The van der Waals surface area contributed by atoms with Crippen molar-refractivity contribution in [3.63, 3.8) is 0 Å². The first-order chi connectivity index (χ1) is 27.8. The van der Waals surface area contributed by atoms with Gasteiger partial charge in [-0.25, -0.2) is 9.97 Å². The van der Waals surface area contributed by atoms with Gasteiger partial charge >= 0.3 is 0 Å². The van der Waals surface area contributed by atoms with Crippen LogP contribution in [-0.2, 0) is 0 Å². The van der Waals surface area contributed by atoms with Gasteiger partial charge in [-0.2, -0.15) is 0 Å². The number of hydrogen-bond acceptors (Lipinski definition) is 2. The van der Waals surface area contributed by atoms with Gasteiger partial charge in [-0.1, -0.05) is 133 Å². The summed E-state index contributed by atoms with van der Waals surface area (Å²) in [5.41, 5.74) is 13.8. The monoisotopic (exact) mass is 710 g/mol. The molecule has 4 heteroatoms. The van der Waals surface area contributed by atoms with Crippen LogP contribution in [0.1, 0.15) is 0 Å². The van der Waals surface area contributed by atoms with Gasteiger partial charge in [0, 0.05) is 38.2 Å². The van der Waals surface area contributed by atoms with Gasteiger partial charge in [-0.05, 0) is 92.3 Å². The van der Waals surface area contributed by atoms with Gasteiger partial charge in [0.25, 0.3) is 0 Å². The molecule has 0 spiro atoms. The Morgan fingerprint density at radius 1 is 0.321 bits per heavy atom. The number of fused-ring (bicyclic) bond motifs is 11. The highest BCUT2D eigenvalue weighted by atomic mass is 15.2. The van der Waals surface area contributed by atoms with Crippen LogP contribution in [0.4, 0.5) is 0 Å². The lowest BCUT2D eigenvalue weighted by atomic mass is 9.95. The van der Waals surface area contributed by atoms with Crippen molar-refractivity contribution >= 4 is 76.1 Å². The average Bonchev–Trinajstić information content (AvgIpc) is 3.89. The lowest BCUT2D eigenvalue weighted by molar-refractivity contribution is 1.01. The lowest BCUT2D eigenvalue weighted by Crippen LogP contribution is -2.03. The maximum atomic E-state index is 5.55. The van der Waals surface area contributed by atoms with Crippen molar-refractivity contribution in [1.82, 2.24) is 19.1 Å². The van der Waals surface area contributed by atoms with Crippen LogP contribution >= 0.6 is 0 Å². The van der Waals surface area contributed by atoms with E-state index in [2.05, 4.69) is 191 Å². The molecule has 1 aliphatic carbocycles. The first-order valence-corrected chi connectivity index (χ1v) is 19.2. The van der Waals surface area contributed by atoms with Crippen molar-refractivity contribution in [2.45, 2.75) is 0 Å². The van der Waals surface area contributed by atoms with Crippen molar-refractivity contribution in [2.75, 3.05) is 0 Å². The molecule has 0 aliphatic heterocycles. The van der Waals surface area contributed by atoms with E-state index in [0.717, 1.165) is 44.3 Å². The molecular weight excluding hydrogens is 681 g/mol. The largest absolute Gasteiger partial charge is 0.309 e. The van der Waals surface area contributed by atoms with Crippen LogP contribution in [0, 0.1) is 0 Å². The average molecular weight is 711 g/mol. The smallest absolute Gasteiger partial charge is 0.235 e. The van der Waals surface area contributed by atoms with Crippen molar-refractivity contribution in [2.24, 2.45) is 0 Å². The van der Waals surface area contributed by atoms with Gasteiger partial charge in [-0.3, -0.25) is 4.57 Å². The molecule has 1 aliphatic rings. The Bertz CT molecular complexity index is 3580. The number of hydrogen-bond donors (Lipinski definition) is 0. The molecule has 258 valence electrons. The van der Waals surface area contributed by atoms with E-state index in [1.165, 1.54) is 71.0 Å². The summed E-state index contributed by atoms with van der Waals surface area (Å²) in [6.45, 7) is 0. The SMILES string of the molecule is c1ccc2c(c1)-c1cccc3c(-c4nc(-n5c6ccccc6c6cc7ccc(-n8c9ccccc9c9ccccc98)cc7cc65)nc5ccccc45)ccc-2c13. The maximum Gasteiger partial charge on any atom is 0.235 e. The minimum atomic E-state index is 0.661. The highest BCUT2D eigenvalue weighted by molar-refractivity contribution is 6.20. The van der Waals surface area contributed by atoms with Crippen LogP contribution in [0.2, 0.25) is 0 Å². The Labute approximate surface area is 321 Å². The lowest BCUT2D eigenvalue weighted by Gasteiger charge is -2.14. The van der Waals surface area contributed by atoms with Crippen LogP contribution in [0.15, 0.2) is 182 Å². The Kier molecular flexibility index (Phi) is 5.86. The van der Waals surface area contributed by atoms with Crippen LogP contribution in [0.25, 0.3) is 121 Å². The molecule has 3 aromatic heterocycles. The van der Waals surface area contributed by atoms with Gasteiger partial charge in [-0.15, -0.1) is 0 Å². The summed E-state index contributed by atoms with van der Waals surface area (Å²) in [7, 11) is 0. The van der Waals surface area contributed by atoms with Gasteiger partial charge in [0.1, 0.15) is 0 Å². The van der Waals surface area contributed by atoms with Crippen LogP contribution in [0.5, 0.6) is 0 Å². The van der Waals surface area contributed by atoms with Crippen LogP contribution in [-0.4, -0.2) is 19.1 Å². The van der Waals surface area contributed by atoms with Gasteiger partial charge in [0.15, 0.2) is 0 Å². The standard InChI is InChI=1S/C52H30N4/c1-2-13-35-34(12-1)39-18-11-19-40-42(27-26-41(35)50(39)40)51-43-17-3-7-20-45(43)53-52(54-51)56-48-23-10-6-16-38(48)44-29-31-24-25-33(28-32(31)30-49(44)56)55-46-21-8-4-14-36(46)37-15-5-9-22-47(37)55/h1-30H. The zero-order valence-corrected chi connectivity index (χ0v) is 30.1. The number of nitrogens with zero attached hydrogens (tertiary/aromatic N) is 4. The zero-order valence-electron chi connectivity index (χ0n) is 30.1. The van der Waals surface area contributed by atoms with Crippen molar-refractivity contribution in [1.29, 1.82) is 0 Å². The molecule has 0 bridgehead atoms. The third kappa shape index (κ3) is 3.97. The second kappa shape index (κ2) is 11.0. The zero-order chi connectivity index (χ0) is 36.5. The summed E-state index contributed by atoms with van der Waals surface area (Å²) in [6, 6.07) is 65.9. The van der Waals surface area contributed by atoms with Crippen molar-refractivity contribution in [3.05, 3.63) is 182 Å². The molecule has 0 saturated heterocycles. The van der Waals surface area contributed by atoms with E-state index in [4.69, 9.17) is 9.97 Å². The Morgan fingerprint density at radius 3 is 1.64 bits per heavy atom. The summed E-state index contributed by atoms with van der Waals surface area (Å²) < 4.78 is 4.66. The van der Waals surface area contributed by atoms with E-state index >= 15 is 0 Å². The summed E-state index contributed by atoms with van der Waals surface area (Å²) in [5.74, 6) is 0.661. The fourth-order valence-corrected chi connectivity index (χ4v) is 9.64. The summed E-state index contributed by atoms with van der Waals surface area (Å²) >= 11 is 0. The highest BCUT2D eigenvalue weighted by Crippen LogP contribution is 2.49. The van der Waals surface area contributed by atoms with E-state index < -0.39 is 0 Å². The third-order valence-corrected chi connectivity index (χ3v) is 12.0. The Morgan fingerprint density at radius 2 is 0.893 bits per heavy atom. The molecule has 13 rings (SSSR count). The molecule has 4 nitrogen and oxygen atoms in total. The molecule has 3 heterocycles. The van der Waals surface area contributed by atoms with Gasteiger partial charge in [0.2, 0.25) is 5.95 Å². The highest BCUT2D eigenvalue weighted by Gasteiger charge is 2.24. The molecule has 0 atom stereocenters. The van der Waals surface area contributed by atoms with Crippen LogP contribution in [0.3, 0.4) is 0 Å². The molecule has 0 radical (unpaired) electrons. The summed E-state index contributed by atoms with van der Waals surface area (Å²) in [5, 5.41) is 10.8. The first-order valence-electron chi connectivity index (χ1n) is 19.2. The van der Waals surface area contributed by atoms with E-state index in [1.54, 1.807) is 0 Å². The Balaban J connectivity index is 1.07. The van der Waals surface area contributed by atoms with E-state index in [9.17, 15) is 0 Å². The third-order valence-electron chi connectivity index (χ3n) is 12.0. The van der Waals surface area contributed by atoms with E-state index in [-0.39, 0.29) is 0 Å². The molecular formula is C52H30N4. The number of para-hydroxylation sites is 4. The molecule has 0 N–H and O–H groups in total. The van der Waals surface area contributed by atoms with Crippen molar-refractivity contribution in [3.8, 4) is 45.1 Å². The fourth-order valence-electron chi connectivity index (χ4n) is 9.64. The normalized spacial score (nSPS) is 12.3. The second-order valence-electron chi connectivity index (χ2n) is 14.9. The Hall–Kier alpha value is -7.56. The van der Waals surface area contributed by atoms with Gasteiger partial charge < -0.3 is 4.57 Å². The molecule has 0 fully saturated rings. The van der Waals surface area contributed by atoms with E-state index in [0.29, 0.717) is 5.95 Å². The minimum absolute atomic E-state index is 0.661. The molecule has 0 saturated carbocycles. The number of benzene rings is 9. The second-order valence-corrected chi connectivity index (χ2v) is 14.9. The molecule has 0 amide bonds. The van der Waals surface area contributed by atoms with Gasteiger partial charge in [0.05, 0.1) is 33.3 Å². The van der Waals surface area contributed by atoms with Crippen LogP contribution < -0.4 is 0 Å². The molecule has 12 aromatic rings. The van der Waals surface area contributed by atoms with E-state index in [1.807, 2.05) is 0 Å². The first kappa shape index (κ1) is 29.8. The number of aromatic nitrogens is 4. The van der Waals surface area contributed by atoms with Crippen molar-refractivity contribution < 1.29 is 0 Å². The molecule has 56 heavy (non-hydrogen) atoms.